The van der Waals surface area contributed by atoms with E-state index in [-0.39, 0.29) is 61.8 Å². The molecule has 0 bridgehead atoms. The van der Waals surface area contributed by atoms with Crippen molar-refractivity contribution in [3.63, 3.8) is 0 Å². The van der Waals surface area contributed by atoms with Gasteiger partial charge in [0.15, 0.2) is 0 Å². The van der Waals surface area contributed by atoms with Gasteiger partial charge in [-0.15, -0.1) is 28.8 Å². The number of halogens is 2. The van der Waals surface area contributed by atoms with Gasteiger partial charge in [-0.3, -0.25) is 0 Å². The quantitative estimate of drug-likeness (QED) is 0.193. The van der Waals surface area contributed by atoms with Crippen molar-refractivity contribution in [2.75, 3.05) is 0 Å². The summed E-state index contributed by atoms with van der Waals surface area (Å²) in [5, 5.41) is 0. The number of benzene rings is 6. The summed E-state index contributed by atoms with van der Waals surface area (Å²) in [5.74, 6) is 0. The first-order valence-electron chi connectivity index (χ1n) is 16.2. The molecule has 7 rings (SSSR count). The van der Waals surface area contributed by atoms with E-state index in [0.29, 0.717) is 0 Å². The minimum atomic E-state index is -0.208. The van der Waals surface area contributed by atoms with Crippen LogP contribution in [0.2, 0.25) is 0 Å². The summed E-state index contributed by atoms with van der Waals surface area (Å²) in [6.07, 6.45) is 0.889. The van der Waals surface area contributed by atoms with E-state index in [2.05, 4.69) is 175 Å². The van der Waals surface area contributed by atoms with Crippen molar-refractivity contribution in [2.45, 2.75) is 58.8 Å². The fourth-order valence-electron chi connectivity index (χ4n) is 7.40. The van der Waals surface area contributed by atoms with Gasteiger partial charge >= 0.3 is 26.2 Å². The Hall–Kier alpha value is -3.22. The number of fused-ring (bicyclic) bond motifs is 3. The second-order valence-corrected chi connectivity index (χ2v) is 13.8. The van der Waals surface area contributed by atoms with Crippen molar-refractivity contribution in [2.24, 2.45) is 0 Å². The zero-order valence-electron chi connectivity index (χ0n) is 28.6. The van der Waals surface area contributed by atoms with Gasteiger partial charge in [0, 0.05) is 5.41 Å². The molecule has 1 radical (unpaired) electrons. The van der Waals surface area contributed by atoms with E-state index >= 15 is 0 Å². The SMILES string of the molecule is Cc1ccccc1-c1[c-]c2c(cc1C(C)(C)c1ccccc1)-c1cc(C(C)(C)c3ccccc3)c(-c3ccccc3C)cc1C2.[Cl-].[Cl-].[Zr+3]. The van der Waals surface area contributed by atoms with Crippen molar-refractivity contribution >= 4 is 0 Å². The Morgan fingerprint density at radius 2 is 0.938 bits per heavy atom. The third-order valence-corrected chi connectivity index (χ3v) is 10.2. The predicted octanol–water partition coefficient (Wildman–Crippen LogP) is 5.67. The fraction of sp³-hybridized carbons (Fsp3) is 0.200. The average Bonchev–Trinajstić information content (AvgIpc) is 3.41. The van der Waals surface area contributed by atoms with E-state index in [9.17, 15) is 0 Å². The summed E-state index contributed by atoms with van der Waals surface area (Å²) < 4.78 is 0. The van der Waals surface area contributed by atoms with E-state index in [0.717, 1.165) is 6.42 Å². The molecule has 1 aliphatic carbocycles. The van der Waals surface area contributed by atoms with Gasteiger partial charge in [-0.05, 0) is 64.6 Å². The van der Waals surface area contributed by atoms with Crippen LogP contribution in [-0.4, -0.2) is 0 Å². The molecule has 3 heteroatoms. The third-order valence-electron chi connectivity index (χ3n) is 10.2. The van der Waals surface area contributed by atoms with E-state index in [4.69, 9.17) is 0 Å². The smallest absolute Gasteiger partial charge is 1.00 e. The van der Waals surface area contributed by atoms with Crippen LogP contribution < -0.4 is 24.8 Å². The molecule has 0 nitrogen and oxygen atoms in total. The fourth-order valence-corrected chi connectivity index (χ4v) is 7.40. The molecule has 0 N–H and O–H groups in total. The minimum absolute atomic E-state index is 0. The van der Waals surface area contributed by atoms with Crippen LogP contribution in [0.1, 0.15) is 72.2 Å². The van der Waals surface area contributed by atoms with E-state index in [1.165, 1.54) is 77.9 Å². The summed E-state index contributed by atoms with van der Waals surface area (Å²) in [7, 11) is 0. The largest absolute Gasteiger partial charge is 3.00 e. The Bertz CT molecular complexity index is 1890. The summed E-state index contributed by atoms with van der Waals surface area (Å²) in [6, 6.07) is 51.0. The first kappa shape index (κ1) is 37.6. The molecular formula is C45H41Cl2Zr. The molecule has 239 valence electrons. The standard InChI is InChI=1S/C45H41.2ClH.Zr/c1-30-17-13-15-23-36(30)40-26-32-25-33-27-41(37-24-16-14-18-31(37)2)43(45(5,6)35-21-11-8-12-22-35)29-39(33)38(32)28-42(40)44(3,4)34-19-9-7-10-20-34;;;/h7-24,26,28-29H,25H2,1-6H3;2*1H;/q-1;;;+3/p-2. The molecule has 0 aliphatic heterocycles. The van der Waals surface area contributed by atoms with Gasteiger partial charge in [0.25, 0.3) is 0 Å². The number of hydrogen-bond donors (Lipinski definition) is 0. The molecule has 0 saturated carbocycles. The topological polar surface area (TPSA) is 0 Å². The molecule has 0 aromatic heterocycles. The van der Waals surface area contributed by atoms with Crippen molar-refractivity contribution in [1.82, 2.24) is 0 Å². The average molecular weight is 744 g/mol. The Kier molecular flexibility index (Phi) is 11.5. The second kappa shape index (κ2) is 14.7. The van der Waals surface area contributed by atoms with Crippen molar-refractivity contribution < 1.29 is 51.0 Å². The monoisotopic (exact) mass is 741 g/mol. The Morgan fingerprint density at radius 1 is 0.479 bits per heavy atom. The van der Waals surface area contributed by atoms with Gasteiger partial charge < -0.3 is 24.8 Å². The predicted molar refractivity (Wildman–Crippen MR) is 191 cm³/mol. The number of hydrogen-bond acceptors (Lipinski definition) is 0. The molecule has 48 heavy (non-hydrogen) atoms. The van der Waals surface area contributed by atoms with Crippen LogP contribution in [-0.2, 0) is 43.5 Å². The van der Waals surface area contributed by atoms with Gasteiger partial charge in [-0.1, -0.05) is 171 Å². The molecular weight excluding hydrogens is 703 g/mol. The first-order chi connectivity index (χ1) is 21.7. The molecule has 0 saturated heterocycles. The van der Waals surface area contributed by atoms with E-state index < -0.39 is 0 Å². The number of rotatable bonds is 6. The summed E-state index contributed by atoms with van der Waals surface area (Å²) in [5.41, 5.74) is 18.0. The molecule has 6 aromatic rings. The van der Waals surface area contributed by atoms with Gasteiger partial charge in [-0.25, -0.2) is 0 Å². The number of aryl methyl sites for hydroxylation is 2. The first-order valence-corrected chi connectivity index (χ1v) is 16.2. The molecule has 0 unspecified atom stereocenters. The zero-order valence-corrected chi connectivity index (χ0v) is 32.6. The Morgan fingerprint density at radius 3 is 1.48 bits per heavy atom. The van der Waals surface area contributed by atoms with Gasteiger partial charge in [-0.2, -0.15) is 0 Å². The maximum atomic E-state index is 4.03. The molecule has 0 fully saturated rings. The Balaban J connectivity index is 0.00000173. The van der Waals surface area contributed by atoms with Crippen LogP contribution in [0.3, 0.4) is 0 Å². The maximum absolute atomic E-state index is 4.03. The van der Waals surface area contributed by atoms with Crippen molar-refractivity contribution in [3.05, 3.63) is 178 Å². The third kappa shape index (κ3) is 6.55. The molecule has 6 aromatic carbocycles. The Labute approximate surface area is 319 Å². The van der Waals surface area contributed by atoms with Gasteiger partial charge in [0.2, 0.25) is 0 Å². The zero-order chi connectivity index (χ0) is 31.3. The van der Waals surface area contributed by atoms with Crippen LogP contribution >= 0.6 is 0 Å². The molecule has 0 amide bonds. The normalized spacial score (nSPS) is 11.8. The summed E-state index contributed by atoms with van der Waals surface area (Å²) >= 11 is 0. The maximum Gasteiger partial charge on any atom is 3.00 e. The molecule has 0 atom stereocenters. The van der Waals surface area contributed by atoms with Gasteiger partial charge in [0.05, 0.1) is 0 Å². The summed E-state index contributed by atoms with van der Waals surface area (Å²) in [4.78, 5) is 0. The minimum Gasteiger partial charge on any atom is -1.00 e. The van der Waals surface area contributed by atoms with Crippen LogP contribution in [0.5, 0.6) is 0 Å². The molecule has 0 spiro atoms. The molecule has 1 aliphatic rings. The van der Waals surface area contributed by atoms with Crippen molar-refractivity contribution in [1.29, 1.82) is 0 Å². The van der Waals surface area contributed by atoms with Crippen LogP contribution in [0, 0.1) is 19.9 Å². The van der Waals surface area contributed by atoms with Crippen molar-refractivity contribution in [3.8, 4) is 33.4 Å². The van der Waals surface area contributed by atoms with E-state index in [1.54, 1.807) is 0 Å². The van der Waals surface area contributed by atoms with Crippen LogP contribution in [0.15, 0.2) is 127 Å². The van der Waals surface area contributed by atoms with Crippen LogP contribution in [0.25, 0.3) is 33.4 Å². The summed E-state index contributed by atoms with van der Waals surface area (Å²) in [6.45, 7) is 13.9. The van der Waals surface area contributed by atoms with Gasteiger partial charge in [0.1, 0.15) is 0 Å². The second-order valence-electron chi connectivity index (χ2n) is 13.8. The molecule has 0 heterocycles. The van der Waals surface area contributed by atoms with Crippen LogP contribution in [0.4, 0.5) is 0 Å². The van der Waals surface area contributed by atoms with E-state index in [1.807, 2.05) is 0 Å².